The molecule has 242 valence electrons. The van der Waals surface area contributed by atoms with Crippen molar-refractivity contribution in [3.8, 4) is 11.4 Å². The molecule has 0 unspecified atom stereocenters. The summed E-state index contributed by atoms with van der Waals surface area (Å²) in [4.78, 5) is 39.4. The molecular formula is C37H38N4O6. The number of furan rings is 1. The number of nitrogens with one attached hydrogen (secondary N) is 2. The van der Waals surface area contributed by atoms with Gasteiger partial charge in [-0.25, -0.2) is 9.48 Å². The van der Waals surface area contributed by atoms with Crippen molar-refractivity contribution in [2.45, 2.75) is 69.7 Å². The monoisotopic (exact) mass is 634 g/mol. The molecule has 2 amide bonds. The molecule has 0 bridgehead atoms. The average Bonchev–Trinajstić information content (AvgIpc) is 3.68. The summed E-state index contributed by atoms with van der Waals surface area (Å²) < 4.78 is 18.0. The van der Waals surface area contributed by atoms with E-state index in [1.165, 1.54) is 25.0 Å². The molecule has 0 atom stereocenters. The van der Waals surface area contributed by atoms with Crippen LogP contribution in [0.15, 0.2) is 71.1 Å². The second-order valence-electron chi connectivity index (χ2n) is 12.5. The number of nitrogens with zero attached hydrogens (tertiary/aromatic N) is 2. The molecule has 0 spiro atoms. The maximum absolute atomic E-state index is 13.7. The van der Waals surface area contributed by atoms with Crippen LogP contribution >= 0.6 is 0 Å². The molecule has 5 aromatic rings. The molecule has 10 nitrogen and oxygen atoms in total. The predicted octanol–water partition coefficient (Wildman–Crippen LogP) is 7.30. The van der Waals surface area contributed by atoms with Crippen LogP contribution in [0.25, 0.3) is 27.6 Å². The van der Waals surface area contributed by atoms with Gasteiger partial charge in [-0.1, -0.05) is 25.3 Å². The first-order valence-corrected chi connectivity index (χ1v) is 16.4. The Kier molecular flexibility index (Phi) is 8.17. The first-order chi connectivity index (χ1) is 22.9. The normalized spacial score (nSPS) is 16.0. The van der Waals surface area contributed by atoms with Gasteiger partial charge in [-0.15, -0.1) is 0 Å². The lowest BCUT2D eigenvalue weighted by Crippen LogP contribution is -2.61. The Hall–Kier alpha value is -5.12. The Balaban J connectivity index is 1.13. The fourth-order valence-electron chi connectivity index (χ4n) is 6.84. The summed E-state index contributed by atoms with van der Waals surface area (Å²) in [6.45, 7) is 1.97. The van der Waals surface area contributed by atoms with Gasteiger partial charge in [0.15, 0.2) is 0 Å². The Bertz CT molecular complexity index is 1960. The summed E-state index contributed by atoms with van der Waals surface area (Å²) in [5.74, 6) is 0.128. The summed E-state index contributed by atoms with van der Waals surface area (Å²) in [5, 5.41) is 12.7. The fraction of sp³-hybridized carbons (Fsp3) is 0.351. The minimum atomic E-state index is -1.02. The number of hydrogen-bond donors (Lipinski definition) is 2. The zero-order valence-electron chi connectivity index (χ0n) is 26.6. The van der Waals surface area contributed by atoms with Crippen LogP contribution in [-0.2, 0) is 9.53 Å². The predicted molar refractivity (Wildman–Crippen MR) is 178 cm³/mol. The molecule has 2 heterocycles. The average molecular weight is 635 g/mol. The van der Waals surface area contributed by atoms with Crippen molar-refractivity contribution < 1.29 is 28.3 Å². The van der Waals surface area contributed by atoms with E-state index in [0.29, 0.717) is 41.0 Å². The Morgan fingerprint density at radius 3 is 2.45 bits per heavy atom. The zero-order valence-corrected chi connectivity index (χ0v) is 26.6. The van der Waals surface area contributed by atoms with Crippen molar-refractivity contribution in [2.75, 3.05) is 19.0 Å². The topological polar surface area (TPSA) is 125 Å². The maximum atomic E-state index is 13.7. The van der Waals surface area contributed by atoms with Gasteiger partial charge < -0.3 is 24.5 Å². The van der Waals surface area contributed by atoms with E-state index in [0.717, 1.165) is 41.6 Å². The Morgan fingerprint density at radius 2 is 1.74 bits per heavy atom. The van der Waals surface area contributed by atoms with Crippen LogP contribution in [0.3, 0.4) is 0 Å². The highest BCUT2D eigenvalue weighted by molar-refractivity contribution is 6.06. The lowest BCUT2D eigenvalue weighted by atomic mass is 9.75. The largest absolute Gasteiger partial charge is 0.497 e. The highest BCUT2D eigenvalue weighted by atomic mass is 16.5. The number of hydrogen-bond acceptors (Lipinski definition) is 7. The minimum absolute atomic E-state index is 0.102. The first-order valence-electron chi connectivity index (χ1n) is 16.4. The smallest absolute Gasteiger partial charge is 0.374 e. The van der Waals surface area contributed by atoms with Gasteiger partial charge in [-0.05, 0) is 99.7 Å². The molecule has 2 aromatic heterocycles. The molecular weight excluding hydrogens is 596 g/mol. The second kappa shape index (κ2) is 12.6. The zero-order chi connectivity index (χ0) is 32.5. The summed E-state index contributed by atoms with van der Waals surface area (Å²) in [7, 11) is 1.65. The van der Waals surface area contributed by atoms with Gasteiger partial charge in [-0.2, -0.15) is 5.10 Å². The van der Waals surface area contributed by atoms with Crippen LogP contribution in [0.4, 0.5) is 5.69 Å². The van der Waals surface area contributed by atoms with Crippen molar-refractivity contribution in [1.82, 2.24) is 15.1 Å². The lowest BCUT2D eigenvalue weighted by Gasteiger charge is -2.40. The highest BCUT2D eigenvalue weighted by Gasteiger charge is 2.45. The van der Waals surface area contributed by atoms with E-state index in [1.807, 2.05) is 47.1 Å². The summed E-state index contributed by atoms with van der Waals surface area (Å²) in [6, 6.07) is 20.3. The molecule has 47 heavy (non-hydrogen) atoms. The van der Waals surface area contributed by atoms with Gasteiger partial charge in [0.05, 0.1) is 30.6 Å². The van der Waals surface area contributed by atoms with Crippen LogP contribution in [0.5, 0.6) is 5.75 Å². The van der Waals surface area contributed by atoms with E-state index in [1.54, 1.807) is 38.3 Å². The minimum Gasteiger partial charge on any atom is -0.497 e. The van der Waals surface area contributed by atoms with Gasteiger partial charge in [-0.3, -0.25) is 9.59 Å². The fourth-order valence-corrected chi connectivity index (χ4v) is 6.84. The van der Waals surface area contributed by atoms with Gasteiger partial charge in [0.25, 0.3) is 5.91 Å². The highest BCUT2D eigenvalue weighted by Crippen LogP contribution is 2.39. The van der Waals surface area contributed by atoms with E-state index in [4.69, 9.17) is 19.0 Å². The van der Waals surface area contributed by atoms with Crippen molar-refractivity contribution >= 4 is 45.3 Å². The van der Waals surface area contributed by atoms with E-state index in [2.05, 4.69) is 10.6 Å². The van der Waals surface area contributed by atoms with E-state index < -0.39 is 11.5 Å². The third-order valence-corrected chi connectivity index (χ3v) is 9.53. The van der Waals surface area contributed by atoms with Crippen LogP contribution < -0.4 is 15.4 Å². The van der Waals surface area contributed by atoms with Crippen molar-refractivity contribution in [3.05, 3.63) is 83.7 Å². The Morgan fingerprint density at radius 1 is 0.957 bits per heavy atom. The van der Waals surface area contributed by atoms with Crippen LogP contribution in [-0.4, -0.2) is 46.8 Å². The van der Waals surface area contributed by atoms with Gasteiger partial charge in [0.1, 0.15) is 16.9 Å². The van der Waals surface area contributed by atoms with E-state index in [-0.39, 0.29) is 24.2 Å². The molecule has 2 fully saturated rings. The molecule has 2 aliphatic carbocycles. The SMILES string of the molecule is CCOC(=O)c1cc2cc(NC(=O)C3(NC(=O)c4ccc5c(C6CCCCC6)n(-c6ccc(OC)cc6)nc5c4)CCC3)ccc2o1. The van der Waals surface area contributed by atoms with Crippen molar-refractivity contribution in [2.24, 2.45) is 0 Å². The lowest BCUT2D eigenvalue weighted by molar-refractivity contribution is -0.125. The molecule has 0 aliphatic heterocycles. The number of amides is 2. The molecule has 3 aromatic carbocycles. The second-order valence-corrected chi connectivity index (χ2v) is 12.5. The molecule has 2 N–H and O–H groups in total. The number of fused-ring (bicyclic) bond motifs is 2. The summed E-state index contributed by atoms with van der Waals surface area (Å²) in [5.41, 5.74) is 3.35. The third-order valence-electron chi connectivity index (χ3n) is 9.53. The molecule has 0 radical (unpaired) electrons. The van der Waals surface area contributed by atoms with Gasteiger partial charge in [0.2, 0.25) is 11.7 Å². The van der Waals surface area contributed by atoms with E-state index >= 15 is 0 Å². The molecule has 7 rings (SSSR count). The molecule has 0 saturated heterocycles. The molecule has 2 aliphatic rings. The number of ether oxygens (including phenoxy) is 2. The standard InChI is InChI=1S/C37H38N4O6/c1-3-46-35(43)32-22-25-20-26(11-17-31(25)47-32)38-36(44)37(18-7-19-37)39-34(42)24-10-16-29-30(21-24)40-41(27-12-14-28(45-2)15-13-27)33(29)23-8-5-4-6-9-23/h10-17,20-23H,3-9,18-19H2,1-2H3,(H,38,44)(H,39,42). The van der Waals surface area contributed by atoms with Crippen molar-refractivity contribution in [3.63, 3.8) is 0 Å². The van der Waals surface area contributed by atoms with Gasteiger partial charge >= 0.3 is 5.97 Å². The number of anilines is 1. The number of methoxy groups -OCH3 is 1. The number of aromatic nitrogens is 2. The Labute approximate surface area is 272 Å². The maximum Gasteiger partial charge on any atom is 0.374 e. The van der Waals surface area contributed by atoms with Crippen LogP contribution in [0, 0.1) is 0 Å². The number of carbonyl (C=O) groups excluding carboxylic acids is 3. The number of carbonyl (C=O) groups is 3. The number of rotatable bonds is 9. The first kappa shape index (κ1) is 30.5. The number of benzene rings is 3. The van der Waals surface area contributed by atoms with Crippen LogP contribution in [0.1, 0.15) is 90.8 Å². The number of esters is 1. The quantitative estimate of drug-likeness (QED) is 0.163. The van der Waals surface area contributed by atoms with Crippen LogP contribution in [0.2, 0.25) is 0 Å². The molecule has 10 heteroatoms. The summed E-state index contributed by atoms with van der Waals surface area (Å²) in [6.07, 6.45) is 7.74. The van der Waals surface area contributed by atoms with Crippen molar-refractivity contribution in [1.29, 1.82) is 0 Å². The third kappa shape index (κ3) is 5.84. The van der Waals surface area contributed by atoms with E-state index in [9.17, 15) is 14.4 Å². The molecule has 2 saturated carbocycles. The summed E-state index contributed by atoms with van der Waals surface area (Å²) >= 11 is 0. The van der Waals surface area contributed by atoms with Gasteiger partial charge in [0, 0.05) is 27.9 Å².